The van der Waals surface area contributed by atoms with Crippen molar-refractivity contribution in [1.29, 1.82) is 0 Å². The maximum atomic E-state index is 13.3. The van der Waals surface area contributed by atoms with E-state index in [9.17, 15) is 9.59 Å². The zero-order chi connectivity index (χ0) is 20.7. The normalized spacial score (nSPS) is 22.1. The second-order valence-electron chi connectivity index (χ2n) is 8.38. The smallest absolute Gasteiger partial charge is 0.228 e. The number of aryl methyl sites for hydroxylation is 1. The number of fused-ring (bicyclic) bond motifs is 1. The minimum absolute atomic E-state index is 0.0310. The largest absolute Gasteiger partial charge is 0.342 e. The number of aromatic nitrogens is 2. The fourth-order valence-corrected chi connectivity index (χ4v) is 4.91. The number of likely N-dealkylation sites (tertiary alicyclic amines) is 1. The molecule has 2 unspecified atom stereocenters. The molecule has 30 heavy (non-hydrogen) atoms. The summed E-state index contributed by atoms with van der Waals surface area (Å²) in [4.78, 5) is 34.4. The van der Waals surface area contributed by atoms with Crippen molar-refractivity contribution < 1.29 is 9.59 Å². The molecule has 3 aromatic rings. The Kier molecular flexibility index (Phi) is 4.77. The first kappa shape index (κ1) is 18.9. The Morgan fingerprint density at radius 3 is 2.60 bits per heavy atom. The quantitative estimate of drug-likeness (QED) is 0.675. The van der Waals surface area contributed by atoms with Crippen molar-refractivity contribution >= 4 is 28.5 Å². The minimum Gasteiger partial charge on any atom is -0.342 e. The van der Waals surface area contributed by atoms with Gasteiger partial charge < -0.3 is 14.4 Å². The fraction of sp³-hybridized carbons (Fsp3) is 0.375. The monoisotopic (exact) mass is 402 g/mol. The van der Waals surface area contributed by atoms with E-state index in [4.69, 9.17) is 4.98 Å². The van der Waals surface area contributed by atoms with Crippen molar-refractivity contribution in [2.75, 3.05) is 24.5 Å². The van der Waals surface area contributed by atoms with Crippen LogP contribution in [0.3, 0.4) is 0 Å². The number of carbonyl (C=O) groups is 2. The average molecular weight is 402 g/mol. The molecule has 154 valence electrons. The van der Waals surface area contributed by atoms with Crippen LogP contribution >= 0.6 is 0 Å². The SMILES string of the molecule is Cn1c(C2CCCN(C(=O)C3CC(=O)N(c4ccccc4)C3)C2)nc2ccccc21. The summed E-state index contributed by atoms with van der Waals surface area (Å²) in [7, 11) is 2.05. The van der Waals surface area contributed by atoms with E-state index < -0.39 is 0 Å². The molecule has 2 atom stereocenters. The van der Waals surface area contributed by atoms with Gasteiger partial charge in [0.05, 0.1) is 17.0 Å². The number of rotatable bonds is 3. The molecule has 5 rings (SSSR count). The van der Waals surface area contributed by atoms with E-state index in [-0.39, 0.29) is 23.7 Å². The third-order valence-electron chi connectivity index (χ3n) is 6.46. The number of nitrogens with zero attached hydrogens (tertiary/aromatic N) is 4. The Hall–Kier alpha value is -3.15. The lowest BCUT2D eigenvalue weighted by atomic mass is 9.95. The topological polar surface area (TPSA) is 58.4 Å². The molecule has 0 radical (unpaired) electrons. The number of anilines is 1. The van der Waals surface area contributed by atoms with Crippen LogP contribution in [0.15, 0.2) is 54.6 Å². The second-order valence-corrected chi connectivity index (χ2v) is 8.38. The van der Waals surface area contributed by atoms with Crippen LogP contribution < -0.4 is 4.90 Å². The van der Waals surface area contributed by atoms with Crippen molar-refractivity contribution in [1.82, 2.24) is 14.5 Å². The zero-order valence-electron chi connectivity index (χ0n) is 17.2. The molecule has 2 aliphatic heterocycles. The number of hydrogen-bond acceptors (Lipinski definition) is 3. The molecule has 2 aliphatic rings. The van der Waals surface area contributed by atoms with Gasteiger partial charge in [0.15, 0.2) is 0 Å². The van der Waals surface area contributed by atoms with E-state index >= 15 is 0 Å². The van der Waals surface area contributed by atoms with Crippen LogP contribution in [0, 0.1) is 5.92 Å². The summed E-state index contributed by atoms with van der Waals surface area (Å²) in [5, 5.41) is 0. The molecule has 0 N–H and O–H groups in total. The summed E-state index contributed by atoms with van der Waals surface area (Å²) >= 11 is 0. The zero-order valence-corrected chi connectivity index (χ0v) is 17.2. The molecule has 3 heterocycles. The Labute approximate surface area is 176 Å². The number of amides is 2. The molecule has 0 aliphatic carbocycles. The highest BCUT2D eigenvalue weighted by atomic mass is 16.2. The van der Waals surface area contributed by atoms with Gasteiger partial charge in [-0.1, -0.05) is 30.3 Å². The van der Waals surface area contributed by atoms with Crippen LogP contribution in [-0.4, -0.2) is 45.9 Å². The van der Waals surface area contributed by atoms with Gasteiger partial charge in [-0.2, -0.15) is 0 Å². The van der Waals surface area contributed by atoms with Gasteiger partial charge in [0, 0.05) is 44.7 Å². The molecule has 1 aromatic heterocycles. The van der Waals surface area contributed by atoms with E-state index in [1.807, 2.05) is 53.4 Å². The fourth-order valence-electron chi connectivity index (χ4n) is 4.91. The second kappa shape index (κ2) is 7.59. The molecular formula is C24H26N4O2. The van der Waals surface area contributed by atoms with Gasteiger partial charge in [0.1, 0.15) is 5.82 Å². The first-order valence-corrected chi connectivity index (χ1v) is 10.7. The van der Waals surface area contributed by atoms with E-state index in [0.29, 0.717) is 19.5 Å². The highest BCUT2D eigenvalue weighted by Gasteiger charge is 2.38. The Bertz CT molecular complexity index is 1090. The van der Waals surface area contributed by atoms with E-state index in [1.165, 1.54) is 0 Å². The molecule has 0 spiro atoms. The Morgan fingerprint density at radius 2 is 1.80 bits per heavy atom. The van der Waals surface area contributed by atoms with Crippen molar-refractivity contribution in [3.05, 3.63) is 60.4 Å². The van der Waals surface area contributed by atoms with Crippen molar-refractivity contribution in [3.8, 4) is 0 Å². The number of hydrogen-bond donors (Lipinski definition) is 0. The Balaban J connectivity index is 1.32. The van der Waals surface area contributed by atoms with E-state index in [1.54, 1.807) is 4.90 Å². The van der Waals surface area contributed by atoms with Crippen molar-refractivity contribution in [2.45, 2.75) is 25.2 Å². The lowest BCUT2D eigenvalue weighted by Gasteiger charge is -2.34. The van der Waals surface area contributed by atoms with Gasteiger partial charge in [-0.15, -0.1) is 0 Å². The lowest BCUT2D eigenvalue weighted by molar-refractivity contribution is -0.137. The number of imidazole rings is 1. The summed E-state index contributed by atoms with van der Waals surface area (Å²) in [5.74, 6) is 1.13. The van der Waals surface area contributed by atoms with Crippen molar-refractivity contribution in [2.24, 2.45) is 13.0 Å². The lowest BCUT2D eigenvalue weighted by Crippen LogP contribution is -2.43. The first-order chi connectivity index (χ1) is 14.6. The maximum Gasteiger partial charge on any atom is 0.228 e. The Morgan fingerprint density at radius 1 is 1.03 bits per heavy atom. The first-order valence-electron chi connectivity index (χ1n) is 10.7. The summed E-state index contributed by atoms with van der Waals surface area (Å²) in [5.41, 5.74) is 2.99. The minimum atomic E-state index is -0.267. The summed E-state index contributed by atoms with van der Waals surface area (Å²) < 4.78 is 2.16. The van der Waals surface area contributed by atoms with Gasteiger partial charge in [-0.25, -0.2) is 4.98 Å². The van der Waals surface area contributed by atoms with Gasteiger partial charge in [-0.3, -0.25) is 9.59 Å². The molecule has 0 bridgehead atoms. The van der Waals surface area contributed by atoms with Crippen LogP contribution in [0.5, 0.6) is 0 Å². The molecule has 0 saturated carbocycles. The van der Waals surface area contributed by atoms with Crippen LogP contribution in [-0.2, 0) is 16.6 Å². The standard InChI is InChI=1S/C24H26N4O2/c1-26-21-12-6-5-11-20(21)25-23(26)17-8-7-13-27(15-17)24(30)18-14-22(29)28(16-18)19-9-3-2-4-10-19/h2-6,9-12,17-18H,7-8,13-16H2,1H3. The molecule has 2 saturated heterocycles. The number of para-hydroxylation sites is 3. The highest BCUT2D eigenvalue weighted by Crippen LogP contribution is 2.31. The van der Waals surface area contributed by atoms with E-state index in [2.05, 4.69) is 17.7 Å². The van der Waals surface area contributed by atoms with Gasteiger partial charge >= 0.3 is 0 Å². The van der Waals surface area contributed by atoms with Crippen LogP contribution in [0.1, 0.15) is 31.0 Å². The maximum absolute atomic E-state index is 13.3. The van der Waals surface area contributed by atoms with Crippen LogP contribution in [0.4, 0.5) is 5.69 Å². The van der Waals surface area contributed by atoms with Crippen LogP contribution in [0.25, 0.3) is 11.0 Å². The number of piperidine rings is 1. The third-order valence-corrected chi connectivity index (χ3v) is 6.46. The van der Waals surface area contributed by atoms with E-state index in [0.717, 1.165) is 41.9 Å². The average Bonchev–Trinajstić information content (AvgIpc) is 3.34. The highest BCUT2D eigenvalue weighted by molar-refractivity contribution is 6.00. The molecule has 2 amide bonds. The molecule has 6 heteroatoms. The van der Waals surface area contributed by atoms with Crippen LogP contribution in [0.2, 0.25) is 0 Å². The molecule has 2 aromatic carbocycles. The van der Waals surface area contributed by atoms with Gasteiger partial charge in [0.2, 0.25) is 11.8 Å². The van der Waals surface area contributed by atoms with Crippen molar-refractivity contribution in [3.63, 3.8) is 0 Å². The third kappa shape index (κ3) is 3.26. The molecular weight excluding hydrogens is 376 g/mol. The number of carbonyl (C=O) groups excluding carboxylic acids is 2. The van der Waals surface area contributed by atoms with Gasteiger partial charge in [-0.05, 0) is 37.1 Å². The molecule has 2 fully saturated rings. The number of benzene rings is 2. The molecule has 6 nitrogen and oxygen atoms in total. The predicted molar refractivity (Wildman–Crippen MR) is 116 cm³/mol. The summed E-state index contributed by atoms with van der Waals surface area (Å²) in [6, 6.07) is 17.8. The van der Waals surface area contributed by atoms with Gasteiger partial charge in [0.25, 0.3) is 0 Å². The summed E-state index contributed by atoms with van der Waals surface area (Å²) in [6.07, 6.45) is 2.28. The predicted octanol–water partition coefficient (Wildman–Crippen LogP) is 3.33. The summed E-state index contributed by atoms with van der Waals surface area (Å²) in [6.45, 7) is 1.90.